The van der Waals surface area contributed by atoms with E-state index in [9.17, 15) is 9.59 Å². The highest BCUT2D eigenvalue weighted by Crippen LogP contribution is 2.07. The van der Waals surface area contributed by atoms with Crippen molar-refractivity contribution in [3.05, 3.63) is 34.2 Å². The summed E-state index contributed by atoms with van der Waals surface area (Å²) < 4.78 is 6.22. The minimum Gasteiger partial charge on any atom is -0.465 e. The second-order valence-electron chi connectivity index (χ2n) is 4.49. The van der Waals surface area contributed by atoms with Gasteiger partial charge in [-0.2, -0.15) is 0 Å². The lowest BCUT2D eigenvalue weighted by atomic mass is 10.3. The van der Waals surface area contributed by atoms with Gasteiger partial charge in [-0.1, -0.05) is 0 Å². The Balaban J connectivity index is 2.06. The van der Waals surface area contributed by atoms with Crippen molar-refractivity contribution < 1.29 is 9.53 Å². The first-order chi connectivity index (χ1) is 8.70. The largest absolute Gasteiger partial charge is 0.465 e. The lowest BCUT2D eigenvalue weighted by molar-refractivity contribution is 0.0599. The van der Waals surface area contributed by atoms with E-state index < -0.39 is 5.97 Å². The van der Waals surface area contributed by atoms with Crippen molar-refractivity contribution in [2.75, 3.05) is 26.7 Å². The quantitative estimate of drug-likeness (QED) is 0.739. The van der Waals surface area contributed by atoms with Gasteiger partial charge in [0.15, 0.2) is 0 Å². The van der Waals surface area contributed by atoms with Gasteiger partial charge < -0.3 is 14.2 Å². The van der Waals surface area contributed by atoms with E-state index >= 15 is 0 Å². The molecule has 1 aliphatic rings. The molecule has 98 valence electrons. The van der Waals surface area contributed by atoms with Gasteiger partial charge in [-0.3, -0.25) is 4.79 Å². The molecule has 5 heteroatoms. The maximum absolute atomic E-state index is 11.7. The zero-order valence-corrected chi connectivity index (χ0v) is 10.6. The summed E-state index contributed by atoms with van der Waals surface area (Å²) in [6.45, 7) is 3.67. The number of hydrogen-bond donors (Lipinski definition) is 0. The summed E-state index contributed by atoms with van der Waals surface area (Å²) >= 11 is 0. The fraction of sp³-hybridized carbons (Fsp3) is 0.538. The second kappa shape index (κ2) is 5.82. The fourth-order valence-electron chi connectivity index (χ4n) is 2.20. The number of carbonyl (C=O) groups is 1. The Morgan fingerprint density at radius 1 is 1.28 bits per heavy atom. The Morgan fingerprint density at radius 3 is 2.67 bits per heavy atom. The lowest BCUT2D eigenvalue weighted by Gasteiger charge is -2.15. The van der Waals surface area contributed by atoms with Gasteiger partial charge in [0.2, 0.25) is 0 Å². The van der Waals surface area contributed by atoms with Crippen LogP contribution in [-0.4, -0.2) is 42.2 Å². The van der Waals surface area contributed by atoms with Gasteiger partial charge in [-0.05, 0) is 32.0 Å². The number of hydrogen-bond acceptors (Lipinski definition) is 4. The minimum absolute atomic E-state index is 0.0816. The number of nitrogens with zero attached hydrogens (tertiary/aromatic N) is 2. The Kier molecular flexibility index (Phi) is 4.15. The molecule has 0 saturated carbocycles. The van der Waals surface area contributed by atoms with E-state index in [1.807, 2.05) is 0 Å². The van der Waals surface area contributed by atoms with Crippen LogP contribution in [0.25, 0.3) is 0 Å². The van der Waals surface area contributed by atoms with Gasteiger partial charge in [0.05, 0.1) is 12.7 Å². The van der Waals surface area contributed by atoms with E-state index in [2.05, 4.69) is 9.64 Å². The van der Waals surface area contributed by atoms with Crippen LogP contribution in [0.2, 0.25) is 0 Å². The molecule has 1 aliphatic heterocycles. The van der Waals surface area contributed by atoms with Gasteiger partial charge in [0.1, 0.15) is 0 Å². The molecule has 0 radical (unpaired) electrons. The van der Waals surface area contributed by atoms with E-state index in [4.69, 9.17) is 0 Å². The van der Waals surface area contributed by atoms with Crippen LogP contribution in [-0.2, 0) is 11.3 Å². The monoisotopic (exact) mass is 250 g/mol. The molecule has 0 bridgehead atoms. The van der Waals surface area contributed by atoms with Gasteiger partial charge in [-0.15, -0.1) is 0 Å². The van der Waals surface area contributed by atoms with Crippen LogP contribution in [0.5, 0.6) is 0 Å². The Labute approximate surface area is 106 Å². The molecule has 18 heavy (non-hydrogen) atoms. The zero-order valence-electron chi connectivity index (χ0n) is 10.6. The fourth-order valence-corrected chi connectivity index (χ4v) is 2.20. The third-order valence-corrected chi connectivity index (χ3v) is 3.26. The SMILES string of the molecule is COC(=O)c1ccc(=O)n(CCN2CCCC2)c1. The number of rotatable bonds is 4. The Morgan fingerprint density at radius 2 is 2.00 bits per heavy atom. The highest BCUT2D eigenvalue weighted by Gasteiger charge is 2.12. The van der Waals surface area contributed by atoms with Crippen LogP contribution in [0, 0.1) is 0 Å². The van der Waals surface area contributed by atoms with Crippen LogP contribution in [0.3, 0.4) is 0 Å². The first-order valence-electron chi connectivity index (χ1n) is 6.22. The van der Waals surface area contributed by atoms with E-state index in [-0.39, 0.29) is 5.56 Å². The molecular formula is C13H18N2O3. The summed E-state index contributed by atoms with van der Waals surface area (Å²) in [5.74, 6) is -0.412. The Hall–Kier alpha value is -1.62. The molecule has 0 amide bonds. The maximum atomic E-state index is 11.7. The number of likely N-dealkylation sites (tertiary alicyclic amines) is 1. The average molecular weight is 250 g/mol. The van der Waals surface area contributed by atoms with Gasteiger partial charge in [0, 0.05) is 25.4 Å². The molecule has 2 rings (SSSR count). The molecule has 1 fully saturated rings. The lowest BCUT2D eigenvalue weighted by Crippen LogP contribution is -2.29. The van der Waals surface area contributed by atoms with Crippen LogP contribution in [0.4, 0.5) is 0 Å². The number of methoxy groups -OCH3 is 1. The first kappa shape index (κ1) is 12.8. The van der Waals surface area contributed by atoms with Crippen molar-refractivity contribution >= 4 is 5.97 Å². The van der Waals surface area contributed by atoms with Crippen molar-refractivity contribution in [2.45, 2.75) is 19.4 Å². The third-order valence-electron chi connectivity index (χ3n) is 3.26. The topological polar surface area (TPSA) is 51.5 Å². The molecule has 0 atom stereocenters. The summed E-state index contributed by atoms with van der Waals surface area (Å²) in [4.78, 5) is 25.4. The van der Waals surface area contributed by atoms with Crippen LogP contribution >= 0.6 is 0 Å². The molecule has 0 spiro atoms. The summed E-state index contributed by atoms with van der Waals surface area (Å²) in [6.07, 6.45) is 4.04. The van der Waals surface area contributed by atoms with E-state index in [1.54, 1.807) is 10.8 Å². The van der Waals surface area contributed by atoms with Crippen LogP contribution in [0.15, 0.2) is 23.1 Å². The van der Waals surface area contributed by atoms with Gasteiger partial charge in [-0.25, -0.2) is 4.79 Å². The number of aromatic nitrogens is 1. The van der Waals surface area contributed by atoms with Crippen molar-refractivity contribution in [3.8, 4) is 0 Å². The van der Waals surface area contributed by atoms with Crippen molar-refractivity contribution in [2.24, 2.45) is 0 Å². The first-order valence-corrected chi connectivity index (χ1v) is 6.22. The summed E-state index contributed by atoms with van der Waals surface area (Å²) in [7, 11) is 1.34. The molecule has 1 aromatic rings. The smallest absolute Gasteiger partial charge is 0.339 e. The molecule has 0 aliphatic carbocycles. The number of pyridine rings is 1. The normalized spacial score (nSPS) is 15.8. The zero-order chi connectivity index (χ0) is 13.0. The van der Waals surface area contributed by atoms with Crippen LogP contribution in [0.1, 0.15) is 23.2 Å². The summed E-state index contributed by atoms with van der Waals surface area (Å²) in [5.41, 5.74) is 0.334. The standard InChI is InChI=1S/C13H18N2O3/c1-18-13(17)11-4-5-12(16)15(10-11)9-8-14-6-2-3-7-14/h4-5,10H,2-3,6-9H2,1H3. The highest BCUT2D eigenvalue weighted by atomic mass is 16.5. The Bertz CT molecular complexity index is 475. The minimum atomic E-state index is -0.412. The maximum Gasteiger partial charge on any atom is 0.339 e. The van der Waals surface area contributed by atoms with E-state index in [0.29, 0.717) is 12.1 Å². The van der Waals surface area contributed by atoms with E-state index in [1.165, 1.54) is 32.1 Å². The predicted molar refractivity (Wildman–Crippen MR) is 67.7 cm³/mol. The van der Waals surface area contributed by atoms with Gasteiger partial charge >= 0.3 is 5.97 Å². The summed E-state index contributed by atoms with van der Waals surface area (Å²) in [5, 5.41) is 0. The van der Waals surface area contributed by atoms with Crippen molar-refractivity contribution in [1.82, 2.24) is 9.47 Å². The number of ether oxygens (including phenoxy) is 1. The van der Waals surface area contributed by atoms with Crippen LogP contribution < -0.4 is 5.56 Å². The van der Waals surface area contributed by atoms with Crippen molar-refractivity contribution in [3.63, 3.8) is 0 Å². The third kappa shape index (κ3) is 2.98. The molecule has 0 aromatic carbocycles. The van der Waals surface area contributed by atoms with Gasteiger partial charge in [0.25, 0.3) is 5.56 Å². The molecule has 5 nitrogen and oxygen atoms in total. The van der Waals surface area contributed by atoms with Crippen molar-refractivity contribution in [1.29, 1.82) is 0 Å². The average Bonchev–Trinajstić information content (AvgIpc) is 2.90. The number of carbonyl (C=O) groups excluding carboxylic acids is 1. The molecule has 0 N–H and O–H groups in total. The molecule has 0 unspecified atom stereocenters. The van der Waals surface area contributed by atoms with E-state index in [0.717, 1.165) is 19.6 Å². The molecule has 1 saturated heterocycles. The molecule has 1 aromatic heterocycles. The molecular weight excluding hydrogens is 232 g/mol. The summed E-state index contributed by atoms with van der Waals surface area (Å²) in [6, 6.07) is 2.91. The molecule has 2 heterocycles. The second-order valence-corrected chi connectivity index (χ2v) is 4.49. The number of esters is 1. The highest BCUT2D eigenvalue weighted by molar-refractivity contribution is 5.88. The predicted octanol–water partition coefficient (Wildman–Crippen LogP) is 0.731.